The molecule has 0 radical (unpaired) electrons. The average molecular weight is 399 g/mol. The van der Waals surface area contributed by atoms with E-state index in [-0.39, 0.29) is 18.0 Å². The lowest BCUT2D eigenvalue weighted by atomic mass is 10.1. The summed E-state index contributed by atoms with van der Waals surface area (Å²) in [7, 11) is 0. The second-order valence-electron chi connectivity index (χ2n) is 7.38. The van der Waals surface area contributed by atoms with Crippen molar-refractivity contribution in [3.8, 4) is 0 Å². The second-order valence-corrected chi connectivity index (χ2v) is 7.82. The van der Waals surface area contributed by atoms with E-state index >= 15 is 0 Å². The number of oxazole rings is 1. The molecule has 7 heteroatoms. The van der Waals surface area contributed by atoms with Gasteiger partial charge in [0.15, 0.2) is 0 Å². The van der Waals surface area contributed by atoms with Crippen LogP contribution in [0.3, 0.4) is 0 Å². The van der Waals surface area contributed by atoms with Gasteiger partial charge in [-0.05, 0) is 50.5 Å². The van der Waals surface area contributed by atoms with E-state index in [1.807, 2.05) is 43.0 Å². The summed E-state index contributed by atoms with van der Waals surface area (Å²) in [4.78, 5) is 19.5. The van der Waals surface area contributed by atoms with E-state index in [0.29, 0.717) is 29.6 Å². The summed E-state index contributed by atoms with van der Waals surface area (Å²) < 4.78 is 7.78. The SMILES string of the molecule is CC(C)n1nccc1C(=O)N1CCCC1c1ncc(Cc2cccc(Cl)c2)o1. The van der Waals surface area contributed by atoms with Gasteiger partial charge in [-0.3, -0.25) is 9.48 Å². The summed E-state index contributed by atoms with van der Waals surface area (Å²) in [6.07, 6.45) is 5.81. The standard InChI is InChI=1S/C21H23ClN4O2/c1-14(2)26-19(8-9-24-26)21(27)25-10-4-7-18(25)20-23-13-17(28-20)12-15-5-3-6-16(22)11-15/h3,5-6,8-9,11,13-14,18H,4,7,10,12H2,1-2H3. The third-order valence-electron chi connectivity index (χ3n) is 5.02. The molecule has 0 saturated carbocycles. The van der Waals surface area contributed by atoms with Gasteiger partial charge in [0.25, 0.3) is 5.91 Å². The van der Waals surface area contributed by atoms with Gasteiger partial charge in [-0.2, -0.15) is 5.10 Å². The molecule has 6 nitrogen and oxygen atoms in total. The first-order chi connectivity index (χ1) is 13.5. The van der Waals surface area contributed by atoms with E-state index in [0.717, 1.165) is 24.2 Å². The van der Waals surface area contributed by atoms with Gasteiger partial charge in [0.1, 0.15) is 17.5 Å². The predicted octanol–water partition coefficient (Wildman–Crippen LogP) is 4.67. The van der Waals surface area contributed by atoms with Crippen molar-refractivity contribution in [3.63, 3.8) is 0 Å². The molecule has 1 atom stereocenters. The molecule has 0 aliphatic carbocycles. The topological polar surface area (TPSA) is 64.2 Å². The largest absolute Gasteiger partial charge is 0.443 e. The molecule has 1 saturated heterocycles. The first-order valence-corrected chi connectivity index (χ1v) is 9.94. The fourth-order valence-corrected chi connectivity index (χ4v) is 3.93. The normalized spacial score (nSPS) is 16.9. The highest BCUT2D eigenvalue weighted by atomic mass is 35.5. The first-order valence-electron chi connectivity index (χ1n) is 9.56. The molecule has 4 rings (SSSR count). The molecule has 2 aromatic heterocycles. The Morgan fingerprint density at radius 1 is 1.36 bits per heavy atom. The van der Waals surface area contributed by atoms with Crippen molar-refractivity contribution >= 4 is 17.5 Å². The molecule has 1 amide bonds. The molecule has 146 valence electrons. The fraction of sp³-hybridized carbons (Fsp3) is 0.381. The lowest BCUT2D eigenvalue weighted by Gasteiger charge is -2.23. The van der Waals surface area contributed by atoms with Crippen molar-refractivity contribution in [2.75, 3.05) is 6.54 Å². The number of nitrogens with zero attached hydrogens (tertiary/aromatic N) is 4. The van der Waals surface area contributed by atoms with Crippen molar-refractivity contribution in [3.05, 3.63) is 70.7 Å². The van der Waals surface area contributed by atoms with E-state index < -0.39 is 0 Å². The number of likely N-dealkylation sites (tertiary alicyclic amines) is 1. The third kappa shape index (κ3) is 3.69. The van der Waals surface area contributed by atoms with Gasteiger partial charge in [-0.15, -0.1) is 0 Å². The minimum atomic E-state index is -0.142. The quantitative estimate of drug-likeness (QED) is 0.626. The van der Waals surface area contributed by atoms with E-state index in [1.54, 1.807) is 23.1 Å². The van der Waals surface area contributed by atoms with Crippen molar-refractivity contribution < 1.29 is 9.21 Å². The van der Waals surface area contributed by atoms with Gasteiger partial charge < -0.3 is 9.32 Å². The summed E-state index contributed by atoms with van der Waals surface area (Å²) in [6, 6.07) is 9.45. The number of amides is 1. The Hall–Kier alpha value is -2.60. The fourth-order valence-electron chi connectivity index (χ4n) is 3.72. The zero-order valence-electron chi connectivity index (χ0n) is 16.0. The molecule has 1 fully saturated rings. The van der Waals surface area contributed by atoms with Crippen LogP contribution in [0.15, 0.2) is 47.1 Å². The zero-order chi connectivity index (χ0) is 19.7. The Kier molecular flexibility index (Phi) is 5.22. The number of rotatable bonds is 5. The van der Waals surface area contributed by atoms with Crippen LogP contribution < -0.4 is 0 Å². The van der Waals surface area contributed by atoms with Crippen LogP contribution in [0, 0.1) is 0 Å². The van der Waals surface area contributed by atoms with Crippen LogP contribution in [-0.2, 0) is 6.42 Å². The Balaban J connectivity index is 1.53. The van der Waals surface area contributed by atoms with Gasteiger partial charge in [0.2, 0.25) is 5.89 Å². The molecule has 3 aromatic rings. The summed E-state index contributed by atoms with van der Waals surface area (Å²) >= 11 is 6.06. The number of carbonyl (C=O) groups excluding carboxylic acids is 1. The minimum absolute atomic E-state index is 0.0247. The van der Waals surface area contributed by atoms with Crippen LogP contribution in [0.4, 0.5) is 0 Å². The minimum Gasteiger partial charge on any atom is -0.443 e. The highest BCUT2D eigenvalue weighted by molar-refractivity contribution is 6.30. The van der Waals surface area contributed by atoms with Gasteiger partial charge in [-0.1, -0.05) is 23.7 Å². The van der Waals surface area contributed by atoms with E-state index in [9.17, 15) is 4.79 Å². The predicted molar refractivity (Wildman–Crippen MR) is 106 cm³/mol. The molecule has 1 unspecified atom stereocenters. The molecule has 0 bridgehead atoms. The Morgan fingerprint density at radius 3 is 3.00 bits per heavy atom. The summed E-state index contributed by atoms with van der Waals surface area (Å²) in [6.45, 7) is 4.72. The Bertz CT molecular complexity index is 978. The highest BCUT2D eigenvalue weighted by Crippen LogP contribution is 2.33. The number of hydrogen-bond acceptors (Lipinski definition) is 4. The smallest absolute Gasteiger partial charge is 0.272 e. The lowest BCUT2D eigenvalue weighted by molar-refractivity contribution is 0.0700. The van der Waals surface area contributed by atoms with Gasteiger partial charge >= 0.3 is 0 Å². The zero-order valence-corrected chi connectivity index (χ0v) is 16.8. The molecule has 1 aliphatic heterocycles. The maximum Gasteiger partial charge on any atom is 0.272 e. The van der Waals surface area contributed by atoms with E-state index in [1.165, 1.54) is 0 Å². The Labute approximate surface area is 169 Å². The van der Waals surface area contributed by atoms with Crippen molar-refractivity contribution in [2.45, 2.75) is 45.2 Å². The monoisotopic (exact) mass is 398 g/mol. The summed E-state index contributed by atoms with van der Waals surface area (Å²) in [5, 5.41) is 4.98. The van der Waals surface area contributed by atoms with Gasteiger partial charge in [0.05, 0.1) is 6.20 Å². The number of benzene rings is 1. The molecule has 0 N–H and O–H groups in total. The summed E-state index contributed by atoms with van der Waals surface area (Å²) in [5.41, 5.74) is 1.67. The van der Waals surface area contributed by atoms with Crippen LogP contribution >= 0.6 is 11.6 Å². The number of hydrogen-bond donors (Lipinski definition) is 0. The van der Waals surface area contributed by atoms with E-state index in [2.05, 4.69) is 10.1 Å². The number of halogens is 1. The third-order valence-corrected chi connectivity index (χ3v) is 5.25. The molecule has 3 heterocycles. The Morgan fingerprint density at radius 2 is 2.21 bits per heavy atom. The lowest BCUT2D eigenvalue weighted by Crippen LogP contribution is -2.32. The van der Waals surface area contributed by atoms with Gasteiger partial charge in [-0.25, -0.2) is 4.98 Å². The first kappa shape index (κ1) is 18.7. The number of carbonyl (C=O) groups is 1. The van der Waals surface area contributed by atoms with Crippen LogP contribution in [-0.4, -0.2) is 32.1 Å². The van der Waals surface area contributed by atoms with Crippen LogP contribution in [0.1, 0.15) is 66.5 Å². The second kappa shape index (κ2) is 7.80. The highest BCUT2D eigenvalue weighted by Gasteiger charge is 2.35. The van der Waals surface area contributed by atoms with Crippen molar-refractivity contribution in [1.82, 2.24) is 19.7 Å². The molecular weight excluding hydrogens is 376 g/mol. The molecule has 0 spiro atoms. The average Bonchev–Trinajstić information content (AvgIpc) is 3.41. The van der Waals surface area contributed by atoms with Crippen LogP contribution in [0.2, 0.25) is 5.02 Å². The summed E-state index contributed by atoms with van der Waals surface area (Å²) in [5.74, 6) is 1.34. The van der Waals surface area contributed by atoms with Crippen molar-refractivity contribution in [1.29, 1.82) is 0 Å². The molecule has 28 heavy (non-hydrogen) atoms. The maximum atomic E-state index is 13.1. The van der Waals surface area contributed by atoms with E-state index in [4.69, 9.17) is 16.0 Å². The molecule has 1 aromatic carbocycles. The van der Waals surface area contributed by atoms with Crippen LogP contribution in [0.5, 0.6) is 0 Å². The van der Waals surface area contributed by atoms with Crippen LogP contribution in [0.25, 0.3) is 0 Å². The van der Waals surface area contributed by atoms with Gasteiger partial charge in [0, 0.05) is 30.2 Å². The molecule has 1 aliphatic rings. The maximum absolute atomic E-state index is 13.1. The number of aromatic nitrogens is 3. The van der Waals surface area contributed by atoms with Crippen molar-refractivity contribution in [2.24, 2.45) is 0 Å². The molecular formula is C21H23ClN4O2.